The maximum atomic E-state index is 13.1. The summed E-state index contributed by atoms with van der Waals surface area (Å²) in [6.45, 7) is 1.98. The fraction of sp³-hybridized carbons (Fsp3) is 0.273. The van der Waals surface area contributed by atoms with Gasteiger partial charge in [-0.25, -0.2) is 19.2 Å². The standard InChI is InChI=1S/C22H21FN4O3/c1-3-11-6-19(22(29)30-2)25-9-15(11)12-4-13-7-20(26-10-16(13)18(24)5-12)27-21(28)14-8-17(14)23/h4-7,9-10,14,17H,3,8,24H2,1-2H3,(H,26,27,28). The molecule has 30 heavy (non-hydrogen) atoms. The number of benzene rings is 1. The van der Waals surface area contributed by atoms with E-state index in [2.05, 4.69) is 15.3 Å². The summed E-state index contributed by atoms with van der Waals surface area (Å²) in [5.74, 6) is -1.11. The van der Waals surface area contributed by atoms with Crippen molar-refractivity contribution in [2.75, 3.05) is 18.2 Å². The fourth-order valence-electron chi connectivity index (χ4n) is 3.43. The van der Waals surface area contributed by atoms with Crippen molar-refractivity contribution in [2.45, 2.75) is 25.9 Å². The monoisotopic (exact) mass is 408 g/mol. The molecule has 0 aliphatic heterocycles. The summed E-state index contributed by atoms with van der Waals surface area (Å²) in [7, 11) is 1.31. The Bertz CT molecular complexity index is 1160. The molecule has 1 saturated carbocycles. The van der Waals surface area contributed by atoms with Gasteiger partial charge < -0.3 is 15.8 Å². The number of carbonyl (C=O) groups is 2. The number of carbonyl (C=O) groups excluding carboxylic acids is 2. The fourth-order valence-corrected chi connectivity index (χ4v) is 3.43. The molecular weight excluding hydrogens is 387 g/mol. The Morgan fingerprint density at radius 3 is 2.67 bits per heavy atom. The third-order valence-electron chi connectivity index (χ3n) is 5.25. The molecule has 7 nitrogen and oxygen atoms in total. The number of alkyl halides is 1. The van der Waals surface area contributed by atoms with Gasteiger partial charge in [-0.15, -0.1) is 0 Å². The first-order valence-electron chi connectivity index (χ1n) is 9.63. The lowest BCUT2D eigenvalue weighted by molar-refractivity contribution is -0.117. The number of nitrogens with one attached hydrogen (secondary N) is 1. The lowest BCUT2D eigenvalue weighted by Crippen LogP contribution is -2.15. The number of amides is 1. The van der Waals surface area contributed by atoms with E-state index in [0.29, 0.717) is 17.9 Å². The van der Waals surface area contributed by atoms with Gasteiger partial charge in [-0.3, -0.25) is 4.79 Å². The maximum Gasteiger partial charge on any atom is 0.356 e. The largest absolute Gasteiger partial charge is 0.464 e. The number of ether oxygens (including phenoxy) is 1. The van der Waals surface area contributed by atoms with Crippen molar-refractivity contribution in [3.05, 3.63) is 47.9 Å². The van der Waals surface area contributed by atoms with Gasteiger partial charge in [0, 0.05) is 29.0 Å². The first kappa shape index (κ1) is 19.8. The van der Waals surface area contributed by atoms with Crippen LogP contribution >= 0.6 is 0 Å². The number of hydrogen-bond acceptors (Lipinski definition) is 6. The second kappa shape index (κ2) is 7.70. The molecule has 8 heteroatoms. The van der Waals surface area contributed by atoms with Gasteiger partial charge in [-0.1, -0.05) is 6.92 Å². The van der Waals surface area contributed by atoms with E-state index < -0.39 is 18.1 Å². The predicted molar refractivity (Wildman–Crippen MR) is 112 cm³/mol. The van der Waals surface area contributed by atoms with Gasteiger partial charge in [0.05, 0.1) is 13.0 Å². The van der Waals surface area contributed by atoms with Crippen LogP contribution in [0, 0.1) is 5.92 Å². The molecule has 0 saturated heterocycles. The van der Waals surface area contributed by atoms with E-state index in [1.165, 1.54) is 7.11 Å². The van der Waals surface area contributed by atoms with Crippen LogP contribution in [0.1, 0.15) is 29.4 Å². The van der Waals surface area contributed by atoms with Gasteiger partial charge in [0.2, 0.25) is 5.91 Å². The second-order valence-electron chi connectivity index (χ2n) is 7.28. The summed E-state index contributed by atoms with van der Waals surface area (Å²) >= 11 is 0. The van der Waals surface area contributed by atoms with Crippen LogP contribution in [0.4, 0.5) is 15.9 Å². The Balaban J connectivity index is 1.72. The molecule has 1 aliphatic rings. The van der Waals surface area contributed by atoms with Crippen molar-refractivity contribution in [3.63, 3.8) is 0 Å². The molecule has 1 fully saturated rings. The van der Waals surface area contributed by atoms with Gasteiger partial charge in [0.15, 0.2) is 0 Å². The average Bonchev–Trinajstić information content (AvgIpc) is 3.49. The molecule has 154 valence electrons. The molecular formula is C22H21FN4O3. The molecule has 3 aromatic rings. The van der Waals surface area contributed by atoms with E-state index in [9.17, 15) is 14.0 Å². The van der Waals surface area contributed by atoms with Crippen LogP contribution in [-0.4, -0.2) is 35.1 Å². The third-order valence-corrected chi connectivity index (χ3v) is 5.25. The molecule has 2 unspecified atom stereocenters. The SMILES string of the molecule is CCc1cc(C(=O)OC)ncc1-c1cc(N)c2cnc(NC(=O)C3CC3F)cc2c1. The quantitative estimate of drug-likeness (QED) is 0.494. The van der Waals surface area contributed by atoms with Gasteiger partial charge in [-0.05, 0) is 53.6 Å². The Morgan fingerprint density at radius 2 is 2.00 bits per heavy atom. The van der Waals surface area contributed by atoms with Crippen LogP contribution in [0.15, 0.2) is 36.7 Å². The Kier molecular flexibility index (Phi) is 5.07. The number of aromatic nitrogens is 2. The first-order chi connectivity index (χ1) is 14.4. The maximum absolute atomic E-state index is 13.1. The highest BCUT2D eigenvalue weighted by Gasteiger charge is 2.43. The Labute approximate surface area is 172 Å². The summed E-state index contributed by atoms with van der Waals surface area (Å²) in [6, 6.07) is 7.17. The first-order valence-corrected chi connectivity index (χ1v) is 9.63. The summed E-state index contributed by atoms with van der Waals surface area (Å²) < 4.78 is 17.9. The highest BCUT2D eigenvalue weighted by Crippen LogP contribution is 2.35. The summed E-state index contributed by atoms with van der Waals surface area (Å²) in [4.78, 5) is 32.2. The molecule has 4 rings (SSSR count). The minimum atomic E-state index is -1.07. The van der Waals surface area contributed by atoms with E-state index in [1.54, 1.807) is 24.5 Å². The summed E-state index contributed by atoms with van der Waals surface area (Å²) in [6.07, 6.45) is 3.09. The van der Waals surface area contributed by atoms with Crippen molar-refractivity contribution in [1.29, 1.82) is 0 Å². The molecule has 1 amide bonds. The molecule has 2 aromatic heterocycles. The summed E-state index contributed by atoms with van der Waals surface area (Å²) in [5.41, 5.74) is 9.61. The molecule has 0 radical (unpaired) electrons. The molecule has 1 aromatic carbocycles. The molecule has 0 bridgehead atoms. The number of nitrogens with two attached hydrogens (primary N) is 1. The minimum absolute atomic E-state index is 0.243. The van der Waals surface area contributed by atoms with Crippen LogP contribution < -0.4 is 11.1 Å². The van der Waals surface area contributed by atoms with E-state index in [-0.39, 0.29) is 18.0 Å². The minimum Gasteiger partial charge on any atom is -0.464 e. The number of rotatable bonds is 5. The lowest BCUT2D eigenvalue weighted by Gasteiger charge is -2.12. The Hall–Kier alpha value is -3.55. The number of halogens is 1. The number of nitrogens with zero attached hydrogens (tertiary/aromatic N) is 2. The number of methoxy groups -OCH3 is 1. The van der Waals surface area contributed by atoms with Gasteiger partial charge in [0.25, 0.3) is 0 Å². The van der Waals surface area contributed by atoms with E-state index >= 15 is 0 Å². The van der Waals surface area contributed by atoms with Crippen molar-refractivity contribution in [2.24, 2.45) is 5.92 Å². The van der Waals surface area contributed by atoms with Crippen LogP contribution in [0.3, 0.4) is 0 Å². The van der Waals surface area contributed by atoms with Crippen molar-refractivity contribution >= 4 is 34.2 Å². The summed E-state index contributed by atoms with van der Waals surface area (Å²) in [5, 5.41) is 4.18. The molecule has 1 aliphatic carbocycles. The molecule has 3 N–H and O–H groups in total. The Morgan fingerprint density at radius 1 is 1.23 bits per heavy atom. The topological polar surface area (TPSA) is 107 Å². The van der Waals surface area contributed by atoms with Gasteiger partial charge in [-0.2, -0.15) is 0 Å². The van der Waals surface area contributed by atoms with Crippen LogP contribution in [0.5, 0.6) is 0 Å². The zero-order valence-corrected chi connectivity index (χ0v) is 16.6. The number of fused-ring (bicyclic) bond motifs is 1. The smallest absolute Gasteiger partial charge is 0.356 e. The zero-order chi connectivity index (χ0) is 21.4. The van der Waals surface area contributed by atoms with E-state index in [4.69, 9.17) is 10.5 Å². The van der Waals surface area contributed by atoms with Crippen molar-refractivity contribution < 1.29 is 18.7 Å². The van der Waals surface area contributed by atoms with Crippen LogP contribution in [0.2, 0.25) is 0 Å². The number of aryl methyl sites for hydroxylation is 1. The van der Waals surface area contributed by atoms with Crippen molar-refractivity contribution in [1.82, 2.24) is 9.97 Å². The highest BCUT2D eigenvalue weighted by molar-refractivity contribution is 6.00. The highest BCUT2D eigenvalue weighted by atomic mass is 19.1. The van der Waals surface area contributed by atoms with Crippen molar-refractivity contribution in [3.8, 4) is 11.1 Å². The molecule has 2 heterocycles. The van der Waals surface area contributed by atoms with Crippen LogP contribution in [-0.2, 0) is 16.0 Å². The van der Waals surface area contributed by atoms with Gasteiger partial charge >= 0.3 is 5.97 Å². The number of anilines is 2. The van der Waals surface area contributed by atoms with Gasteiger partial charge in [0.1, 0.15) is 17.7 Å². The zero-order valence-electron chi connectivity index (χ0n) is 16.6. The predicted octanol–water partition coefficient (Wildman–Crippen LogP) is 3.52. The number of hydrogen-bond donors (Lipinski definition) is 2. The number of esters is 1. The van der Waals surface area contributed by atoms with E-state index in [1.807, 2.05) is 19.1 Å². The average molecular weight is 408 g/mol. The van der Waals surface area contributed by atoms with E-state index in [0.717, 1.165) is 27.5 Å². The molecule has 0 spiro atoms. The number of nitrogen functional groups attached to an aromatic ring is 1. The third kappa shape index (κ3) is 3.68. The molecule has 2 atom stereocenters. The number of pyridine rings is 2. The lowest BCUT2D eigenvalue weighted by atomic mass is 9.96. The second-order valence-corrected chi connectivity index (χ2v) is 7.28. The normalized spacial score (nSPS) is 17.6. The van der Waals surface area contributed by atoms with Crippen LogP contribution in [0.25, 0.3) is 21.9 Å².